The highest BCUT2D eigenvalue weighted by molar-refractivity contribution is 9.10. The molecule has 8 heteroatoms. The van der Waals surface area contributed by atoms with Gasteiger partial charge in [-0.2, -0.15) is 0 Å². The predicted octanol–water partition coefficient (Wildman–Crippen LogP) is 3.78. The van der Waals surface area contributed by atoms with Gasteiger partial charge in [0, 0.05) is 6.42 Å². The number of ether oxygens (including phenoxy) is 1. The van der Waals surface area contributed by atoms with Crippen molar-refractivity contribution in [1.29, 1.82) is 0 Å². The van der Waals surface area contributed by atoms with Crippen molar-refractivity contribution in [3.05, 3.63) is 52.4 Å². The molecule has 26 heavy (non-hydrogen) atoms. The topological polar surface area (TPSA) is 108 Å². The summed E-state index contributed by atoms with van der Waals surface area (Å²) in [5.74, 6) is -0.0166. The largest absolute Gasteiger partial charge is 0.438 e. The molecule has 0 spiro atoms. The van der Waals surface area contributed by atoms with Gasteiger partial charge in [-0.25, -0.2) is 9.37 Å². The highest BCUT2D eigenvalue weighted by Crippen LogP contribution is 2.27. The molecule has 0 radical (unpaired) electrons. The second-order valence-electron chi connectivity index (χ2n) is 5.80. The number of nitrogens with two attached hydrogens (primary N) is 2. The number of hydrogen-bond donors (Lipinski definition) is 2. The molecule has 0 aliphatic heterocycles. The molecule has 1 aromatic heterocycles. The van der Waals surface area contributed by atoms with E-state index in [0.717, 1.165) is 6.42 Å². The minimum Gasteiger partial charge on any atom is -0.438 e. The summed E-state index contributed by atoms with van der Waals surface area (Å²) < 4.78 is 18.7. The van der Waals surface area contributed by atoms with Crippen LogP contribution in [-0.4, -0.2) is 16.8 Å². The summed E-state index contributed by atoms with van der Waals surface area (Å²) in [5.41, 5.74) is 10.1. The van der Waals surface area contributed by atoms with Crippen molar-refractivity contribution in [1.82, 2.24) is 4.98 Å². The Kier molecular flexibility index (Phi) is 8.71. The van der Waals surface area contributed by atoms with Crippen LogP contribution in [0.2, 0.25) is 0 Å². The first-order chi connectivity index (χ1) is 12.2. The van der Waals surface area contributed by atoms with E-state index in [2.05, 4.69) is 34.8 Å². The first kappa shape index (κ1) is 21.6. The smallest absolute Gasteiger partial charge is 0.267 e. The van der Waals surface area contributed by atoms with E-state index in [-0.39, 0.29) is 23.3 Å². The summed E-state index contributed by atoms with van der Waals surface area (Å²) in [5, 5.41) is 0. The Hall–Kier alpha value is -2.48. The predicted molar refractivity (Wildman–Crippen MR) is 100 cm³/mol. The Labute approximate surface area is 159 Å². The number of nitrogens with zero attached hydrogens (tertiary/aromatic N) is 1. The van der Waals surface area contributed by atoms with Crippen LogP contribution in [0, 0.1) is 11.7 Å². The summed E-state index contributed by atoms with van der Waals surface area (Å²) in [6, 6.07) is 8.53. The zero-order valence-electron chi connectivity index (χ0n) is 14.5. The first-order valence-electron chi connectivity index (χ1n) is 7.87. The van der Waals surface area contributed by atoms with Gasteiger partial charge in [-0.1, -0.05) is 13.8 Å². The van der Waals surface area contributed by atoms with Gasteiger partial charge < -0.3 is 16.2 Å². The van der Waals surface area contributed by atoms with Crippen molar-refractivity contribution < 1.29 is 18.7 Å². The van der Waals surface area contributed by atoms with E-state index in [4.69, 9.17) is 16.2 Å². The SMILES string of the molecule is CC(C)CCC(N)=O.NC(=O)c1ccc(Br)c(Oc2ccc(F)cc2)n1. The van der Waals surface area contributed by atoms with E-state index in [9.17, 15) is 14.0 Å². The molecule has 0 atom stereocenters. The molecule has 0 unspecified atom stereocenters. The molecule has 1 heterocycles. The van der Waals surface area contributed by atoms with Gasteiger partial charge in [-0.3, -0.25) is 9.59 Å². The van der Waals surface area contributed by atoms with Crippen LogP contribution >= 0.6 is 15.9 Å². The molecule has 0 saturated heterocycles. The normalized spacial score (nSPS) is 10.0. The zero-order chi connectivity index (χ0) is 19.7. The van der Waals surface area contributed by atoms with Crippen LogP contribution in [0.4, 0.5) is 4.39 Å². The summed E-state index contributed by atoms with van der Waals surface area (Å²) in [7, 11) is 0. The van der Waals surface area contributed by atoms with Crippen molar-refractivity contribution in [2.75, 3.05) is 0 Å². The van der Waals surface area contributed by atoms with E-state index in [0.29, 0.717) is 22.6 Å². The molecular formula is C18H21BrFN3O3. The maximum Gasteiger partial charge on any atom is 0.267 e. The molecule has 0 aliphatic carbocycles. The molecule has 2 amide bonds. The number of benzene rings is 1. The average Bonchev–Trinajstić information content (AvgIpc) is 2.57. The Morgan fingerprint density at radius 3 is 2.23 bits per heavy atom. The fourth-order valence-corrected chi connectivity index (χ4v) is 1.98. The Balaban J connectivity index is 0.000000359. The van der Waals surface area contributed by atoms with Gasteiger partial charge in [-0.05, 0) is 64.7 Å². The molecule has 0 bridgehead atoms. The third kappa shape index (κ3) is 8.06. The Morgan fingerprint density at radius 2 is 1.77 bits per heavy atom. The molecule has 140 valence electrons. The van der Waals surface area contributed by atoms with E-state index in [1.54, 1.807) is 6.07 Å². The van der Waals surface area contributed by atoms with Gasteiger partial charge in [0.2, 0.25) is 11.8 Å². The lowest BCUT2D eigenvalue weighted by Crippen LogP contribution is -2.13. The zero-order valence-corrected chi connectivity index (χ0v) is 16.1. The lowest BCUT2D eigenvalue weighted by Gasteiger charge is -2.07. The molecule has 6 nitrogen and oxygen atoms in total. The van der Waals surface area contributed by atoms with E-state index >= 15 is 0 Å². The third-order valence-corrected chi connectivity index (χ3v) is 3.67. The van der Waals surface area contributed by atoms with E-state index in [1.807, 2.05) is 0 Å². The fraction of sp³-hybridized carbons (Fsp3) is 0.278. The lowest BCUT2D eigenvalue weighted by molar-refractivity contribution is -0.118. The number of halogens is 2. The van der Waals surface area contributed by atoms with Crippen LogP contribution in [0.1, 0.15) is 37.2 Å². The molecule has 4 N–H and O–H groups in total. The lowest BCUT2D eigenvalue weighted by atomic mass is 10.1. The molecule has 0 aliphatic rings. The molecule has 0 fully saturated rings. The number of carbonyl (C=O) groups is 2. The Morgan fingerprint density at radius 1 is 1.15 bits per heavy atom. The van der Waals surface area contributed by atoms with Crippen molar-refractivity contribution in [2.24, 2.45) is 17.4 Å². The average molecular weight is 426 g/mol. The van der Waals surface area contributed by atoms with Crippen LogP contribution in [0.5, 0.6) is 11.6 Å². The number of rotatable bonds is 6. The quantitative estimate of drug-likeness (QED) is 0.733. The second-order valence-corrected chi connectivity index (χ2v) is 6.66. The van der Waals surface area contributed by atoms with Crippen molar-refractivity contribution >= 4 is 27.7 Å². The highest BCUT2D eigenvalue weighted by Gasteiger charge is 2.09. The van der Waals surface area contributed by atoms with Crippen LogP contribution in [0.15, 0.2) is 40.9 Å². The Bertz CT molecular complexity index is 752. The van der Waals surface area contributed by atoms with Crippen LogP contribution in [0.3, 0.4) is 0 Å². The van der Waals surface area contributed by atoms with Gasteiger partial charge in [0.25, 0.3) is 5.91 Å². The monoisotopic (exact) mass is 425 g/mol. The maximum absolute atomic E-state index is 12.7. The number of primary amides is 2. The molecule has 1 aromatic carbocycles. The summed E-state index contributed by atoms with van der Waals surface area (Å²) in [6.45, 7) is 4.14. The van der Waals surface area contributed by atoms with E-state index in [1.165, 1.54) is 30.3 Å². The van der Waals surface area contributed by atoms with Crippen LogP contribution < -0.4 is 16.2 Å². The van der Waals surface area contributed by atoms with E-state index < -0.39 is 5.91 Å². The molecule has 2 aromatic rings. The van der Waals surface area contributed by atoms with Crippen molar-refractivity contribution in [2.45, 2.75) is 26.7 Å². The van der Waals surface area contributed by atoms with Gasteiger partial charge in [-0.15, -0.1) is 0 Å². The minimum atomic E-state index is -0.647. The third-order valence-electron chi connectivity index (χ3n) is 3.06. The number of pyridine rings is 1. The maximum atomic E-state index is 12.7. The van der Waals surface area contributed by atoms with Gasteiger partial charge >= 0.3 is 0 Å². The highest BCUT2D eigenvalue weighted by atomic mass is 79.9. The van der Waals surface area contributed by atoms with Crippen molar-refractivity contribution in [3.63, 3.8) is 0 Å². The summed E-state index contributed by atoms with van der Waals surface area (Å²) >= 11 is 3.24. The number of carbonyl (C=O) groups excluding carboxylic acids is 2. The van der Waals surface area contributed by atoms with Crippen molar-refractivity contribution in [3.8, 4) is 11.6 Å². The number of amides is 2. The standard InChI is InChI=1S/C12H8BrFN2O2.C6H13NO/c13-9-5-6-10(11(15)17)16-12(9)18-8-3-1-7(14)2-4-8;1-5(2)3-4-6(7)8/h1-6H,(H2,15,17);5H,3-4H2,1-2H3,(H2,7,8). The number of aromatic nitrogens is 1. The van der Waals surface area contributed by atoms with Gasteiger partial charge in [0.15, 0.2) is 0 Å². The summed E-state index contributed by atoms with van der Waals surface area (Å²) in [4.78, 5) is 25.1. The number of hydrogen-bond acceptors (Lipinski definition) is 4. The van der Waals surface area contributed by atoms with Crippen LogP contribution in [-0.2, 0) is 4.79 Å². The molecular weight excluding hydrogens is 405 g/mol. The molecule has 2 rings (SSSR count). The first-order valence-corrected chi connectivity index (χ1v) is 8.66. The molecule has 0 saturated carbocycles. The van der Waals surface area contributed by atoms with Gasteiger partial charge in [0.1, 0.15) is 17.3 Å². The summed E-state index contributed by atoms with van der Waals surface area (Å²) in [6.07, 6.45) is 1.44. The minimum absolute atomic E-state index is 0.0929. The second kappa shape index (κ2) is 10.5. The van der Waals surface area contributed by atoms with Gasteiger partial charge in [0.05, 0.1) is 4.47 Å². The fourth-order valence-electron chi connectivity index (χ4n) is 1.68. The van der Waals surface area contributed by atoms with Crippen LogP contribution in [0.25, 0.3) is 0 Å².